The van der Waals surface area contributed by atoms with Crippen molar-refractivity contribution in [1.82, 2.24) is 19.4 Å². The van der Waals surface area contributed by atoms with Crippen LogP contribution in [-0.4, -0.2) is 51.3 Å². The number of benzene rings is 3. The Hall–Kier alpha value is -3.96. The molecular weight excluding hydrogens is 653 g/mol. The Morgan fingerprint density at radius 2 is 1.73 bits per heavy atom. The van der Waals surface area contributed by atoms with Crippen molar-refractivity contribution in [3.05, 3.63) is 116 Å². The predicted octanol–water partition coefficient (Wildman–Crippen LogP) is 7.77. The molecule has 0 fully saturated rings. The normalized spacial score (nSPS) is 25.9. The summed E-state index contributed by atoms with van der Waals surface area (Å²) >= 11 is -0.272. The van der Waals surface area contributed by atoms with Crippen LogP contribution in [0.1, 0.15) is 84.4 Å². The molecule has 1 aromatic heterocycles. The van der Waals surface area contributed by atoms with Gasteiger partial charge in [-0.2, -0.15) is 18.2 Å². The molecular formula is C38H42F4N4O2S. The van der Waals surface area contributed by atoms with Gasteiger partial charge in [0.05, 0.1) is 23.4 Å². The standard InChI is InChI=1S/C38H42F4N4O2S/c1-5-44(6-2)17-18-45(22-27-7-11-29(12-8-27)30-13-16-33(26(4)21-30)38(40,41)42)35(47)23-46-34-20-25(3)19-32(34)36(48)43-37(46)49-24-28-9-14-31(39)15-10-28/h7-16,21,25H,5-6,17-20,22-24H2,1-4H3/i7D,8D,11D,12D,13D,16D,17D2,18D2,19D2,20D2,21D,22D2,23D2,24D2,25D. The minimum Gasteiger partial charge on any atom is -0.336 e. The number of rotatable bonds is 13. The van der Waals surface area contributed by atoms with Gasteiger partial charge in [-0.25, -0.2) is 4.39 Å². The van der Waals surface area contributed by atoms with Crippen LogP contribution in [0.25, 0.3) is 11.1 Å². The lowest BCUT2D eigenvalue weighted by Crippen LogP contribution is -2.40. The average Bonchev–Trinajstić information content (AvgIpc) is 3.33. The molecule has 1 atom stereocenters. The number of likely N-dealkylation sites (N-methyl/N-ethyl adjacent to an activating group) is 1. The Labute approximate surface area is 320 Å². The molecule has 1 aliphatic carbocycles. The number of fused-ring (bicyclic) bond motifs is 1. The van der Waals surface area contributed by atoms with E-state index < -0.39 is 184 Å². The number of aromatic nitrogens is 2. The molecule has 5 rings (SSSR count). The number of alkyl halides is 3. The first-order chi connectivity index (χ1) is 31.9. The van der Waals surface area contributed by atoms with Crippen molar-refractivity contribution in [3.8, 4) is 11.1 Å². The molecule has 0 saturated heterocycles. The highest BCUT2D eigenvalue weighted by Gasteiger charge is 2.32. The van der Waals surface area contributed by atoms with Crippen LogP contribution in [0, 0.1) is 18.6 Å². The summed E-state index contributed by atoms with van der Waals surface area (Å²) in [5.74, 6) is -6.68. The maximum absolute atomic E-state index is 15.5. The molecule has 0 saturated carbocycles. The van der Waals surface area contributed by atoms with Crippen LogP contribution >= 0.6 is 11.8 Å². The van der Waals surface area contributed by atoms with Gasteiger partial charge in [-0.3, -0.25) is 9.59 Å². The number of carbonyl (C=O) groups is 1. The third-order valence-corrected chi connectivity index (χ3v) is 7.46. The van der Waals surface area contributed by atoms with E-state index >= 15 is 4.79 Å². The maximum atomic E-state index is 15.5. The second-order valence-electron chi connectivity index (χ2n) is 10.1. The van der Waals surface area contributed by atoms with E-state index in [0.717, 1.165) is 31.2 Å². The summed E-state index contributed by atoms with van der Waals surface area (Å²) in [7, 11) is 0. The van der Waals surface area contributed by atoms with Gasteiger partial charge in [-0.15, -0.1) is 0 Å². The number of amides is 1. The lowest BCUT2D eigenvalue weighted by molar-refractivity contribution is -0.138. The van der Waals surface area contributed by atoms with Crippen molar-refractivity contribution in [1.29, 1.82) is 0 Å². The zero-order valence-corrected chi connectivity index (χ0v) is 27.1. The lowest BCUT2D eigenvalue weighted by Gasteiger charge is -2.28. The second-order valence-corrected chi connectivity index (χ2v) is 10.9. The molecule has 1 amide bonds. The van der Waals surface area contributed by atoms with Crippen LogP contribution in [-0.2, 0) is 42.4 Å². The summed E-state index contributed by atoms with van der Waals surface area (Å²) in [6, 6.07) is -7.04. The van der Waals surface area contributed by atoms with Crippen molar-refractivity contribution in [2.24, 2.45) is 5.89 Å². The fourth-order valence-corrected chi connectivity index (χ4v) is 4.92. The SMILES string of the molecule is [2H]c1c([2H])c(C([2H])([2H])N(C(=O)C([2H])([2H])n2c(SC([2H])([2H])c3ccc(F)cc3)nc(=O)c3c2C([2H])([2H])C([2H])(C)C3([2H])[2H])C([2H])([2H])C([2H])([2H])N(CC)CC)c([2H])c([2H])c1-c1c([2H])c([2H])c(C(F)(F)F)c(C)c1[2H]. The fourth-order valence-electron chi connectivity index (χ4n) is 4.21. The summed E-state index contributed by atoms with van der Waals surface area (Å²) in [6.07, 6.45) is -12.4. The van der Waals surface area contributed by atoms with Crippen LogP contribution < -0.4 is 5.56 Å². The molecule has 1 aliphatic rings. The fraction of sp³-hybridized carbons (Fsp3) is 0.395. The number of thioether (sulfide) groups is 1. The number of nitrogens with zero attached hydrogens (tertiary/aromatic N) is 4. The highest BCUT2D eigenvalue weighted by molar-refractivity contribution is 7.98. The second kappa shape index (κ2) is 15.7. The Morgan fingerprint density at radius 1 is 1.06 bits per heavy atom. The van der Waals surface area contributed by atoms with Gasteiger partial charge in [0, 0.05) is 48.8 Å². The third-order valence-electron chi connectivity index (χ3n) is 6.66. The van der Waals surface area contributed by atoms with E-state index in [1.807, 2.05) is 0 Å². The molecule has 4 aromatic rings. The van der Waals surface area contributed by atoms with Gasteiger partial charge in [0.2, 0.25) is 5.91 Å². The number of carbonyl (C=O) groups excluding carboxylic acids is 1. The van der Waals surface area contributed by atoms with Crippen molar-refractivity contribution in [2.75, 3.05) is 26.1 Å². The first-order valence-electron chi connectivity index (χ1n) is 25.5. The van der Waals surface area contributed by atoms with E-state index in [0.29, 0.717) is 11.8 Å². The van der Waals surface area contributed by atoms with E-state index in [-0.39, 0.29) is 16.3 Å². The minimum atomic E-state index is -5.30. The smallest absolute Gasteiger partial charge is 0.336 e. The molecule has 0 radical (unpaired) electrons. The number of hydrogen-bond acceptors (Lipinski definition) is 5. The summed E-state index contributed by atoms with van der Waals surface area (Å²) < 4.78 is 252. The summed E-state index contributed by atoms with van der Waals surface area (Å²) in [4.78, 5) is 32.7. The molecule has 49 heavy (non-hydrogen) atoms. The maximum Gasteiger partial charge on any atom is 0.416 e. The largest absolute Gasteiger partial charge is 0.416 e. The van der Waals surface area contributed by atoms with E-state index in [4.69, 9.17) is 21.9 Å². The van der Waals surface area contributed by atoms with Crippen LogP contribution in [0.15, 0.2) is 76.5 Å². The van der Waals surface area contributed by atoms with Gasteiger partial charge in [0.15, 0.2) is 5.16 Å². The van der Waals surface area contributed by atoms with Gasteiger partial charge < -0.3 is 14.4 Å². The first-order valence-corrected chi connectivity index (χ1v) is 15.3. The highest BCUT2D eigenvalue weighted by atomic mass is 32.2. The molecule has 1 heterocycles. The van der Waals surface area contributed by atoms with E-state index in [1.54, 1.807) is 0 Å². The van der Waals surface area contributed by atoms with Crippen molar-refractivity contribution in [2.45, 2.75) is 70.5 Å². The van der Waals surface area contributed by atoms with E-state index in [2.05, 4.69) is 4.98 Å². The zero-order valence-electron chi connectivity index (χ0n) is 48.2. The summed E-state index contributed by atoms with van der Waals surface area (Å²) in [6.45, 7) is -13.8. The van der Waals surface area contributed by atoms with Crippen molar-refractivity contribution >= 4 is 17.7 Å². The van der Waals surface area contributed by atoms with Crippen molar-refractivity contribution < 1.29 is 52.5 Å². The Kier molecular flexibility index (Phi) is 5.55. The van der Waals surface area contributed by atoms with E-state index in [1.165, 1.54) is 13.8 Å². The topological polar surface area (TPSA) is 58.4 Å². The molecule has 0 spiro atoms. The molecule has 0 N–H and O–H groups in total. The van der Waals surface area contributed by atoms with Crippen LogP contribution in [0.3, 0.4) is 0 Å². The minimum absolute atomic E-state index is 0.239. The monoisotopic (exact) mass is 716 g/mol. The number of halogens is 4. The Bertz CT molecular complexity index is 2830. The number of hydrogen-bond donors (Lipinski definition) is 0. The summed E-state index contributed by atoms with van der Waals surface area (Å²) in [5, 5.41) is -1.36. The predicted molar refractivity (Wildman–Crippen MR) is 186 cm³/mol. The van der Waals surface area contributed by atoms with Crippen LogP contribution in [0.5, 0.6) is 0 Å². The van der Waals surface area contributed by atoms with Gasteiger partial charge in [-0.05, 0) is 84.6 Å². The molecule has 0 aliphatic heterocycles. The quantitative estimate of drug-likeness (QED) is 0.0804. The molecule has 6 nitrogen and oxygen atoms in total. The van der Waals surface area contributed by atoms with Crippen LogP contribution in [0.4, 0.5) is 17.6 Å². The lowest BCUT2D eigenvalue weighted by atomic mass is 9.98. The first kappa shape index (κ1) is 17.3. The molecule has 1 unspecified atom stereocenters. The van der Waals surface area contributed by atoms with Gasteiger partial charge in [0.1, 0.15) is 12.3 Å². The van der Waals surface area contributed by atoms with Gasteiger partial charge in [0.25, 0.3) is 5.56 Å². The van der Waals surface area contributed by atoms with Crippen molar-refractivity contribution in [3.63, 3.8) is 0 Å². The Balaban J connectivity index is 1.95. The molecule has 260 valence electrons. The average molecular weight is 717 g/mol. The van der Waals surface area contributed by atoms with Gasteiger partial charge >= 0.3 is 6.18 Å². The van der Waals surface area contributed by atoms with Crippen LogP contribution in [0.2, 0.25) is 0 Å². The molecule has 0 bridgehead atoms. The third kappa shape index (κ3) is 8.99. The highest BCUT2D eigenvalue weighted by Crippen LogP contribution is 2.34. The Morgan fingerprint density at radius 3 is 2.39 bits per heavy atom. The molecule has 11 heteroatoms. The zero-order chi connectivity index (χ0) is 54.9. The van der Waals surface area contributed by atoms with Gasteiger partial charge in [-0.1, -0.05) is 80.9 Å². The van der Waals surface area contributed by atoms with E-state index in [9.17, 15) is 30.6 Å². The molecule has 3 aromatic carbocycles. The summed E-state index contributed by atoms with van der Waals surface area (Å²) in [5.41, 5.74) is -14.8.